The molecule has 84 valence electrons. The summed E-state index contributed by atoms with van der Waals surface area (Å²) in [6.07, 6.45) is 3.57. The molecule has 4 nitrogen and oxygen atoms in total. The fourth-order valence-electron chi connectivity index (χ4n) is 1.84. The van der Waals surface area contributed by atoms with Crippen molar-refractivity contribution in [2.45, 2.75) is 13.0 Å². The van der Waals surface area contributed by atoms with Gasteiger partial charge in [-0.25, -0.2) is 0 Å². The standard InChI is InChI=1S/C12H15N3O/c1-9(13-3)15-10(2)16-8-12(15)11-4-6-14-7-5-11/h4-7,12H,2,8H2,1,3H3. The summed E-state index contributed by atoms with van der Waals surface area (Å²) >= 11 is 0. The van der Waals surface area contributed by atoms with Crippen LogP contribution in [0.25, 0.3) is 0 Å². The third kappa shape index (κ3) is 1.78. The molecule has 1 aliphatic rings. The van der Waals surface area contributed by atoms with Gasteiger partial charge >= 0.3 is 0 Å². The summed E-state index contributed by atoms with van der Waals surface area (Å²) in [4.78, 5) is 10.2. The van der Waals surface area contributed by atoms with E-state index in [0.29, 0.717) is 12.5 Å². The number of pyridine rings is 1. The predicted octanol–water partition coefficient (Wildman–Crippen LogP) is 1.97. The van der Waals surface area contributed by atoms with Crippen LogP contribution in [0.15, 0.2) is 42.0 Å². The van der Waals surface area contributed by atoms with E-state index < -0.39 is 0 Å². The first kappa shape index (κ1) is 10.7. The average Bonchev–Trinajstić information content (AvgIpc) is 2.71. The van der Waals surface area contributed by atoms with Crippen LogP contribution in [-0.4, -0.2) is 29.4 Å². The third-order valence-electron chi connectivity index (χ3n) is 2.75. The smallest absolute Gasteiger partial charge is 0.188 e. The zero-order chi connectivity index (χ0) is 11.5. The number of aliphatic imine (C=N–C) groups is 1. The molecule has 2 rings (SSSR count). The van der Waals surface area contributed by atoms with Gasteiger partial charge in [0.1, 0.15) is 12.4 Å². The quantitative estimate of drug-likeness (QED) is 0.533. The minimum Gasteiger partial charge on any atom is -0.477 e. The molecule has 1 fully saturated rings. The molecule has 1 aliphatic heterocycles. The van der Waals surface area contributed by atoms with Crippen molar-refractivity contribution in [3.8, 4) is 0 Å². The summed E-state index contributed by atoms with van der Waals surface area (Å²) in [5.41, 5.74) is 1.16. The van der Waals surface area contributed by atoms with E-state index in [0.717, 1.165) is 11.4 Å². The number of ether oxygens (including phenoxy) is 1. The topological polar surface area (TPSA) is 37.7 Å². The molecule has 0 spiro atoms. The molecule has 0 N–H and O–H groups in total. The van der Waals surface area contributed by atoms with Crippen molar-refractivity contribution < 1.29 is 4.74 Å². The van der Waals surface area contributed by atoms with E-state index in [1.807, 2.05) is 24.0 Å². The van der Waals surface area contributed by atoms with E-state index in [4.69, 9.17) is 4.74 Å². The van der Waals surface area contributed by atoms with E-state index in [1.54, 1.807) is 19.4 Å². The van der Waals surface area contributed by atoms with Crippen molar-refractivity contribution in [3.63, 3.8) is 0 Å². The Morgan fingerprint density at radius 2 is 2.25 bits per heavy atom. The Labute approximate surface area is 95.3 Å². The Morgan fingerprint density at radius 1 is 1.56 bits per heavy atom. The van der Waals surface area contributed by atoms with E-state index >= 15 is 0 Å². The Bertz CT molecular complexity index is 414. The Morgan fingerprint density at radius 3 is 2.88 bits per heavy atom. The molecule has 1 aromatic rings. The lowest BCUT2D eigenvalue weighted by molar-refractivity contribution is 0.251. The highest BCUT2D eigenvalue weighted by Crippen LogP contribution is 2.31. The Balaban J connectivity index is 2.32. The molecule has 1 aromatic heterocycles. The van der Waals surface area contributed by atoms with Crippen LogP contribution in [0.4, 0.5) is 0 Å². The first-order valence-corrected chi connectivity index (χ1v) is 5.18. The van der Waals surface area contributed by atoms with Crippen LogP contribution in [0.5, 0.6) is 0 Å². The van der Waals surface area contributed by atoms with Crippen molar-refractivity contribution in [2.24, 2.45) is 4.99 Å². The van der Waals surface area contributed by atoms with Gasteiger partial charge in [0.05, 0.1) is 6.04 Å². The van der Waals surface area contributed by atoms with Crippen molar-refractivity contribution in [2.75, 3.05) is 13.7 Å². The minimum atomic E-state index is 0.152. The molecule has 1 atom stereocenters. The minimum absolute atomic E-state index is 0.152. The lowest BCUT2D eigenvalue weighted by Crippen LogP contribution is -2.27. The molecule has 0 amide bonds. The van der Waals surface area contributed by atoms with Crippen LogP contribution in [-0.2, 0) is 4.74 Å². The molecule has 1 unspecified atom stereocenters. The van der Waals surface area contributed by atoms with Crippen LogP contribution in [0.3, 0.4) is 0 Å². The van der Waals surface area contributed by atoms with Crippen LogP contribution in [0.1, 0.15) is 18.5 Å². The van der Waals surface area contributed by atoms with Gasteiger partial charge in [0.25, 0.3) is 0 Å². The maximum atomic E-state index is 5.49. The van der Waals surface area contributed by atoms with Crippen LogP contribution < -0.4 is 0 Å². The van der Waals surface area contributed by atoms with Gasteiger partial charge in [-0.15, -0.1) is 0 Å². The largest absolute Gasteiger partial charge is 0.477 e. The second-order valence-electron chi connectivity index (χ2n) is 3.64. The fraction of sp³-hybridized carbons (Fsp3) is 0.333. The number of aromatic nitrogens is 1. The molecule has 4 heteroatoms. The Kier molecular flexibility index (Phi) is 2.90. The highest BCUT2D eigenvalue weighted by Gasteiger charge is 2.31. The second kappa shape index (κ2) is 4.35. The lowest BCUT2D eigenvalue weighted by atomic mass is 10.1. The van der Waals surface area contributed by atoms with Gasteiger partial charge in [-0.1, -0.05) is 0 Å². The van der Waals surface area contributed by atoms with Crippen molar-refractivity contribution in [1.29, 1.82) is 0 Å². The molecular weight excluding hydrogens is 202 g/mol. The molecule has 2 heterocycles. The summed E-state index contributed by atoms with van der Waals surface area (Å²) in [5, 5.41) is 0. The van der Waals surface area contributed by atoms with Crippen LogP contribution in [0.2, 0.25) is 0 Å². The average molecular weight is 217 g/mol. The zero-order valence-electron chi connectivity index (χ0n) is 9.55. The van der Waals surface area contributed by atoms with Gasteiger partial charge in [-0.3, -0.25) is 14.9 Å². The molecule has 0 aromatic carbocycles. The number of amidine groups is 1. The molecule has 0 radical (unpaired) electrons. The number of rotatable bonds is 1. The van der Waals surface area contributed by atoms with E-state index in [9.17, 15) is 0 Å². The summed E-state index contributed by atoms with van der Waals surface area (Å²) in [7, 11) is 1.77. The van der Waals surface area contributed by atoms with Gasteiger partial charge in [0.2, 0.25) is 0 Å². The Hall–Kier alpha value is -1.84. The highest BCUT2D eigenvalue weighted by molar-refractivity contribution is 5.81. The molecule has 1 saturated heterocycles. The molecule has 0 bridgehead atoms. The summed E-state index contributed by atoms with van der Waals surface area (Å²) in [6.45, 7) is 6.45. The molecule has 0 saturated carbocycles. The summed E-state index contributed by atoms with van der Waals surface area (Å²) in [5.74, 6) is 1.56. The van der Waals surface area contributed by atoms with Crippen molar-refractivity contribution in [3.05, 3.63) is 42.6 Å². The van der Waals surface area contributed by atoms with Crippen LogP contribution in [0, 0.1) is 0 Å². The molecule has 0 aliphatic carbocycles. The van der Waals surface area contributed by atoms with E-state index in [2.05, 4.69) is 16.6 Å². The maximum absolute atomic E-state index is 5.49. The summed E-state index contributed by atoms with van der Waals surface area (Å²) in [6, 6.07) is 4.13. The SMILES string of the molecule is C=C1OCC(c2ccncc2)N1C(C)=NC. The number of nitrogens with zero attached hydrogens (tertiary/aromatic N) is 3. The van der Waals surface area contributed by atoms with E-state index in [1.165, 1.54) is 0 Å². The van der Waals surface area contributed by atoms with Gasteiger partial charge in [0, 0.05) is 19.4 Å². The fourth-order valence-corrected chi connectivity index (χ4v) is 1.84. The maximum Gasteiger partial charge on any atom is 0.188 e. The first-order valence-electron chi connectivity index (χ1n) is 5.18. The second-order valence-corrected chi connectivity index (χ2v) is 3.64. The first-order chi connectivity index (χ1) is 7.74. The number of hydrogen-bond donors (Lipinski definition) is 0. The number of hydrogen-bond acceptors (Lipinski definition) is 3. The molecular formula is C12H15N3O. The predicted molar refractivity (Wildman–Crippen MR) is 62.9 cm³/mol. The van der Waals surface area contributed by atoms with Gasteiger partial charge < -0.3 is 4.74 Å². The summed E-state index contributed by atoms with van der Waals surface area (Å²) < 4.78 is 5.49. The van der Waals surface area contributed by atoms with Crippen LogP contribution >= 0.6 is 0 Å². The lowest BCUT2D eigenvalue weighted by Gasteiger charge is -2.23. The van der Waals surface area contributed by atoms with Gasteiger partial charge in [0.15, 0.2) is 5.88 Å². The highest BCUT2D eigenvalue weighted by atomic mass is 16.5. The van der Waals surface area contributed by atoms with E-state index in [-0.39, 0.29) is 6.04 Å². The monoisotopic (exact) mass is 217 g/mol. The third-order valence-corrected chi connectivity index (χ3v) is 2.75. The zero-order valence-corrected chi connectivity index (χ0v) is 9.55. The normalized spacial score (nSPS) is 21.1. The van der Waals surface area contributed by atoms with Gasteiger partial charge in [-0.05, 0) is 31.2 Å². The van der Waals surface area contributed by atoms with Gasteiger partial charge in [-0.2, -0.15) is 0 Å². The van der Waals surface area contributed by atoms with Crippen molar-refractivity contribution >= 4 is 5.84 Å². The van der Waals surface area contributed by atoms with Crippen molar-refractivity contribution in [1.82, 2.24) is 9.88 Å². The molecule has 16 heavy (non-hydrogen) atoms.